The van der Waals surface area contributed by atoms with E-state index < -0.39 is 20.5 Å². The number of hydrogen-bond acceptors (Lipinski definition) is 5. The molecular weight excluding hydrogens is 441 g/mol. The zero-order valence-corrected chi connectivity index (χ0v) is 18.1. The smallest absolute Gasteiger partial charge is 0.243 e. The van der Waals surface area contributed by atoms with Crippen LogP contribution in [0.5, 0.6) is 0 Å². The number of carbonyl (C=O) groups is 1. The molecule has 0 saturated heterocycles. The molecule has 1 aliphatic rings. The molecule has 0 radical (unpaired) electrons. The quantitative estimate of drug-likeness (QED) is 0.607. The molecule has 6 nitrogen and oxygen atoms in total. The number of rotatable bonds is 5. The molecule has 0 saturated carbocycles. The van der Waals surface area contributed by atoms with E-state index in [0.29, 0.717) is 12.0 Å². The highest BCUT2D eigenvalue weighted by Crippen LogP contribution is 2.31. The van der Waals surface area contributed by atoms with Gasteiger partial charge in [0, 0.05) is 31.0 Å². The first kappa shape index (κ1) is 21.3. The minimum atomic E-state index is -4.12. The average Bonchev–Trinajstić information content (AvgIpc) is 3.19. The van der Waals surface area contributed by atoms with E-state index in [1.807, 2.05) is 6.07 Å². The van der Waals surface area contributed by atoms with E-state index >= 15 is 0 Å². The summed E-state index contributed by atoms with van der Waals surface area (Å²) in [4.78, 5) is 15.9. The number of fused-ring (bicyclic) bond motifs is 1. The molecule has 1 atom stereocenters. The van der Waals surface area contributed by atoms with Crippen LogP contribution in [-0.2, 0) is 27.6 Å². The molecule has 160 valence electrons. The van der Waals surface area contributed by atoms with Crippen molar-refractivity contribution in [2.75, 3.05) is 5.32 Å². The van der Waals surface area contributed by atoms with Crippen LogP contribution in [0.15, 0.2) is 64.6 Å². The Bertz CT molecular complexity index is 1240. The number of anilines is 1. The van der Waals surface area contributed by atoms with Gasteiger partial charge in [-0.05, 0) is 47.9 Å². The normalized spacial score (nSPS) is 15.3. The number of benzene rings is 2. The Morgan fingerprint density at radius 1 is 1.23 bits per heavy atom. The van der Waals surface area contributed by atoms with E-state index in [-0.39, 0.29) is 34.0 Å². The van der Waals surface area contributed by atoms with E-state index in [0.717, 1.165) is 11.3 Å². The van der Waals surface area contributed by atoms with Gasteiger partial charge < -0.3 is 10.6 Å². The maximum absolute atomic E-state index is 14.5. The van der Waals surface area contributed by atoms with Crippen molar-refractivity contribution >= 4 is 33.0 Å². The number of nitrogens with zero attached hydrogens (tertiary/aromatic N) is 1. The molecule has 31 heavy (non-hydrogen) atoms. The van der Waals surface area contributed by atoms with Crippen molar-refractivity contribution in [3.63, 3.8) is 0 Å². The lowest BCUT2D eigenvalue weighted by Gasteiger charge is -2.13. The van der Waals surface area contributed by atoms with Crippen molar-refractivity contribution in [2.45, 2.75) is 35.7 Å². The summed E-state index contributed by atoms with van der Waals surface area (Å²) in [6, 6.07) is 10.1. The summed E-state index contributed by atoms with van der Waals surface area (Å²) in [7, 11) is -4.12. The minimum absolute atomic E-state index is 0.0746. The predicted molar refractivity (Wildman–Crippen MR) is 115 cm³/mol. The number of nitrogens with one attached hydrogen (secondary N) is 2. The lowest BCUT2D eigenvalue weighted by Crippen LogP contribution is -2.38. The summed E-state index contributed by atoms with van der Waals surface area (Å²) in [5.74, 6) is -1.02. The number of hydrogen-bond donors (Lipinski definition) is 2. The van der Waals surface area contributed by atoms with Gasteiger partial charge in [0.05, 0.1) is 9.92 Å². The molecule has 0 bridgehead atoms. The average molecular weight is 460 g/mol. The topological polar surface area (TPSA) is 88.2 Å². The minimum Gasteiger partial charge on any atom is -0.373 e. The highest BCUT2D eigenvalue weighted by atomic mass is 35.5. The summed E-state index contributed by atoms with van der Waals surface area (Å²) in [6.07, 6.45) is 3.95. The fourth-order valence-electron chi connectivity index (χ4n) is 3.44. The zero-order valence-electron chi connectivity index (χ0n) is 16.5. The van der Waals surface area contributed by atoms with Gasteiger partial charge in [0.25, 0.3) is 0 Å². The Labute approximate surface area is 184 Å². The number of carbonyl (C=O) groups excluding carboxylic acids is 1. The third-order valence-corrected chi connectivity index (χ3v) is 7.44. The van der Waals surface area contributed by atoms with Crippen LogP contribution in [0.4, 0.5) is 10.1 Å². The summed E-state index contributed by atoms with van der Waals surface area (Å²) in [6.45, 7) is 1.70. The van der Waals surface area contributed by atoms with Gasteiger partial charge in [-0.25, -0.2) is 12.8 Å². The van der Waals surface area contributed by atoms with Crippen LogP contribution < -0.4 is 10.6 Å². The van der Waals surface area contributed by atoms with Crippen molar-refractivity contribution in [3.8, 4) is 0 Å². The second-order valence-corrected chi connectivity index (χ2v) is 9.60. The van der Waals surface area contributed by atoms with Gasteiger partial charge in [0.15, 0.2) is 0 Å². The summed E-state index contributed by atoms with van der Waals surface area (Å²) < 4.78 is 40.2. The SMILES string of the molecule is Cc1ccc(Cl)c(S(=O)(=O)c2ccc(CNC(=O)C3Cc4cnccc4N3)cc2)c1F. The number of sulfone groups is 1. The molecular formula is C22H19ClFN3O3S. The summed E-state index contributed by atoms with van der Waals surface area (Å²) in [5, 5.41) is 5.83. The fraction of sp³-hybridized carbons (Fsp3) is 0.182. The van der Waals surface area contributed by atoms with Gasteiger partial charge in [-0.3, -0.25) is 9.78 Å². The van der Waals surface area contributed by atoms with Crippen LogP contribution in [0, 0.1) is 12.7 Å². The Morgan fingerprint density at radius 2 is 1.97 bits per heavy atom. The fourth-order valence-corrected chi connectivity index (χ4v) is 5.34. The number of aryl methyl sites for hydroxylation is 1. The van der Waals surface area contributed by atoms with Gasteiger partial charge in [0.2, 0.25) is 15.7 Å². The van der Waals surface area contributed by atoms with Gasteiger partial charge in [-0.1, -0.05) is 29.8 Å². The third kappa shape index (κ3) is 4.13. The first-order valence-electron chi connectivity index (χ1n) is 9.53. The van der Waals surface area contributed by atoms with Crippen molar-refractivity contribution in [2.24, 2.45) is 0 Å². The Kier molecular flexibility index (Phi) is 5.68. The molecule has 2 aromatic carbocycles. The van der Waals surface area contributed by atoms with Crippen LogP contribution in [0.3, 0.4) is 0 Å². The Balaban J connectivity index is 1.44. The van der Waals surface area contributed by atoms with Crippen LogP contribution in [-0.4, -0.2) is 25.4 Å². The number of halogens is 2. The van der Waals surface area contributed by atoms with Crippen LogP contribution >= 0.6 is 11.6 Å². The number of pyridine rings is 1. The number of aromatic nitrogens is 1. The second kappa shape index (κ2) is 8.28. The first-order valence-corrected chi connectivity index (χ1v) is 11.4. The van der Waals surface area contributed by atoms with Gasteiger partial charge in [0.1, 0.15) is 16.8 Å². The van der Waals surface area contributed by atoms with E-state index in [1.54, 1.807) is 24.5 Å². The first-order chi connectivity index (χ1) is 14.8. The lowest BCUT2D eigenvalue weighted by molar-refractivity contribution is -0.121. The van der Waals surface area contributed by atoms with Gasteiger partial charge in [-0.2, -0.15) is 0 Å². The van der Waals surface area contributed by atoms with Crippen LogP contribution in [0.25, 0.3) is 0 Å². The maximum atomic E-state index is 14.5. The number of amides is 1. The molecule has 2 N–H and O–H groups in total. The second-order valence-electron chi connectivity index (χ2n) is 7.31. The van der Waals surface area contributed by atoms with E-state index in [4.69, 9.17) is 11.6 Å². The van der Waals surface area contributed by atoms with Crippen molar-refractivity contribution in [3.05, 3.63) is 82.4 Å². The molecule has 4 rings (SSSR count). The van der Waals surface area contributed by atoms with E-state index in [1.165, 1.54) is 31.2 Å². The molecule has 0 spiro atoms. The maximum Gasteiger partial charge on any atom is 0.243 e. The van der Waals surface area contributed by atoms with Crippen LogP contribution in [0.2, 0.25) is 5.02 Å². The third-order valence-electron chi connectivity index (χ3n) is 5.19. The highest BCUT2D eigenvalue weighted by Gasteiger charge is 2.27. The molecule has 0 fully saturated rings. The molecule has 1 aliphatic heterocycles. The van der Waals surface area contributed by atoms with Crippen molar-refractivity contribution in [1.82, 2.24) is 10.3 Å². The molecule has 2 heterocycles. The molecule has 3 aromatic rings. The highest BCUT2D eigenvalue weighted by molar-refractivity contribution is 7.91. The monoisotopic (exact) mass is 459 g/mol. The predicted octanol–water partition coefficient (Wildman–Crippen LogP) is 3.67. The van der Waals surface area contributed by atoms with E-state index in [2.05, 4.69) is 15.6 Å². The zero-order chi connectivity index (χ0) is 22.2. The molecule has 0 aliphatic carbocycles. The summed E-state index contributed by atoms with van der Waals surface area (Å²) >= 11 is 5.97. The molecule has 1 amide bonds. The largest absolute Gasteiger partial charge is 0.373 e. The molecule has 1 unspecified atom stereocenters. The van der Waals surface area contributed by atoms with Gasteiger partial charge in [-0.15, -0.1) is 0 Å². The van der Waals surface area contributed by atoms with Crippen molar-refractivity contribution < 1.29 is 17.6 Å². The molecule has 9 heteroatoms. The van der Waals surface area contributed by atoms with Crippen molar-refractivity contribution in [1.29, 1.82) is 0 Å². The lowest BCUT2D eigenvalue weighted by atomic mass is 10.1. The van der Waals surface area contributed by atoms with Crippen LogP contribution in [0.1, 0.15) is 16.7 Å². The molecule has 1 aromatic heterocycles. The Morgan fingerprint density at radius 3 is 2.68 bits per heavy atom. The van der Waals surface area contributed by atoms with Gasteiger partial charge >= 0.3 is 0 Å². The Hall–Kier alpha value is -2.97. The summed E-state index contributed by atoms with van der Waals surface area (Å²) in [5.41, 5.74) is 2.78. The standard InChI is InChI=1S/C22H19ClFN3O3S/c1-13-2-7-17(23)21(20(13)24)31(29,30)16-5-3-14(4-6-16)11-26-22(28)19-10-15-12-25-9-8-18(15)27-19/h2-9,12,19,27H,10-11H2,1H3,(H,26,28). The van der Waals surface area contributed by atoms with E-state index in [9.17, 15) is 17.6 Å².